The van der Waals surface area contributed by atoms with Gasteiger partial charge in [-0.3, -0.25) is 4.79 Å². The molecule has 0 N–H and O–H groups in total. The molecule has 1 aliphatic carbocycles. The summed E-state index contributed by atoms with van der Waals surface area (Å²) in [7, 11) is 0. The Labute approximate surface area is 149 Å². The third kappa shape index (κ3) is 2.17. The number of nitrogens with zero attached hydrogens (tertiary/aromatic N) is 2. The van der Waals surface area contributed by atoms with Crippen molar-refractivity contribution in [3.63, 3.8) is 0 Å². The van der Waals surface area contributed by atoms with Crippen LogP contribution in [0, 0.1) is 34.0 Å². The molecule has 4 rings (SSSR count). The quantitative estimate of drug-likeness (QED) is 0.788. The number of hydrogen-bond donors (Lipinski definition) is 0. The lowest BCUT2D eigenvalue weighted by Crippen LogP contribution is -2.08. The van der Waals surface area contributed by atoms with E-state index in [1.807, 2.05) is 12.1 Å². The summed E-state index contributed by atoms with van der Waals surface area (Å²) in [5.74, 6) is -0.579. The van der Waals surface area contributed by atoms with Gasteiger partial charge in [-0.05, 0) is 11.6 Å². The van der Waals surface area contributed by atoms with Crippen molar-refractivity contribution in [1.82, 2.24) is 0 Å². The first-order valence-corrected chi connectivity index (χ1v) is 8.01. The maximum Gasteiger partial charge on any atom is 0.231 e. The van der Waals surface area contributed by atoms with Crippen molar-refractivity contribution in [2.45, 2.75) is 5.92 Å². The molecule has 0 radical (unpaired) electrons. The first kappa shape index (κ1) is 15.5. The number of nitriles is 2. The molecular weight excluding hydrogens is 340 g/mol. The second kappa shape index (κ2) is 5.51. The van der Waals surface area contributed by atoms with Gasteiger partial charge in [0.05, 0.1) is 18.1 Å². The fourth-order valence-electron chi connectivity index (χ4n) is 3.43. The lowest BCUT2D eigenvalue weighted by molar-refractivity contribution is 0.0958. The molecular formula is C19H11ClN2O3. The Hall–Kier alpha value is -3.02. The standard InChI is InChI=1S/C19H11ClN2O3/c20-13-7-15-14(24-10-25-15)6-12(13)16-17(19(16,8-21)9-22)18(23)11-4-2-1-3-5-11/h1-7,16-17H,10H2/t16-,17+/m0/s1. The average Bonchev–Trinajstić information content (AvgIpc) is 3.10. The van der Waals surface area contributed by atoms with E-state index in [4.69, 9.17) is 21.1 Å². The van der Waals surface area contributed by atoms with Gasteiger partial charge in [0.1, 0.15) is 0 Å². The molecule has 25 heavy (non-hydrogen) atoms. The Bertz CT molecular complexity index is 945. The van der Waals surface area contributed by atoms with E-state index in [2.05, 4.69) is 0 Å². The number of benzene rings is 2. The minimum absolute atomic E-state index is 0.0911. The number of fused-ring (bicyclic) bond motifs is 1. The summed E-state index contributed by atoms with van der Waals surface area (Å²) in [6, 6.07) is 16.0. The van der Waals surface area contributed by atoms with E-state index in [0.717, 1.165) is 0 Å². The topological polar surface area (TPSA) is 83.1 Å². The third-order valence-electron chi connectivity index (χ3n) is 4.74. The van der Waals surface area contributed by atoms with Crippen LogP contribution in [0.15, 0.2) is 42.5 Å². The zero-order valence-corrected chi connectivity index (χ0v) is 13.7. The SMILES string of the molecule is N#CC1(C#N)[C@@H](C(=O)c2ccccc2)[C@@H]1c1cc2c(cc1Cl)OCO2. The number of Topliss-reactive ketones (excluding diaryl/α,β-unsaturated/α-hetero) is 1. The van der Waals surface area contributed by atoms with E-state index < -0.39 is 17.3 Å². The molecule has 6 heteroatoms. The van der Waals surface area contributed by atoms with E-state index in [-0.39, 0.29) is 12.6 Å². The van der Waals surface area contributed by atoms with Crippen LogP contribution in [0.4, 0.5) is 0 Å². The Morgan fingerprint density at radius 3 is 2.40 bits per heavy atom. The fraction of sp³-hybridized carbons (Fsp3) is 0.211. The largest absolute Gasteiger partial charge is 0.454 e. The van der Waals surface area contributed by atoms with Gasteiger partial charge in [0.25, 0.3) is 0 Å². The first-order valence-electron chi connectivity index (χ1n) is 7.63. The van der Waals surface area contributed by atoms with Crippen molar-refractivity contribution in [2.24, 2.45) is 11.3 Å². The predicted octanol–water partition coefficient (Wildman–Crippen LogP) is 3.70. The van der Waals surface area contributed by atoms with Crippen molar-refractivity contribution in [1.29, 1.82) is 10.5 Å². The lowest BCUT2D eigenvalue weighted by atomic mass is 10.0. The predicted molar refractivity (Wildman–Crippen MR) is 88.2 cm³/mol. The van der Waals surface area contributed by atoms with Crippen molar-refractivity contribution in [2.75, 3.05) is 6.79 Å². The van der Waals surface area contributed by atoms with Crippen molar-refractivity contribution in [3.8, 4) is 23.6 Å². The van der Waals surface area contributed by atoms with Crippen LogP contribution in [0.3, 0.4) is 0 Å². The average molecular weight is 351 g/mol. The molecule has 122 valence electrons. The van der Waals surface area contributed by atoms with Crippen LogP contribution in [0.2, 0.25) is 5.02 Å². The van der Waals surface area contributed by atoms with Gasteiger partial charge in [0, 0.05) is 22.6 Å². The van der Waals surface area contributed by atoms with Gasteiger partial charge in [-0.1, -0.05) is 41.9 Å². The van der Waals surface area contributed by atoms with E-state index in [0.29, 0.717) is 27.6 Å². The van der Waals surface area contributed by atoms with Gasteiger partial charge >= 0.3 is 0 Å². The highest BCUT2D eigenvalue weighted by molar-refractivity contribution is 6.31. The lowest BCUT2D eigenvalue weighted by Gasteiger charge is -2.06. The molecule has 2 aromatic rings. The van der Waals surface area contributed by atoms with Crippen molar-refractivity contribution >= 4 is 17.4 Å². The molecule has 0 saturated heterocycles. The monoisotopic (exact) mass is 350 g/mol. The minimum atomic E-state index is -1.43. The van der Waals surface area contributed by atoms with Crippen LogP contribution in [0.1, 0.15) is 21.8 Å². The fourth-order valence-corrected chi connectivity index (χ4v) is 3.70. The number of ketones is 1. The number of halogens is 1. The second-order valence-electron chi connectivity index (χ2n) is 6.01. The molecule has 5 nitrogen and oxygen atoms in total. The Morgan fingerprint density at radius 1 is 1.12 bits per heavy atom. The second-order valence-corrected chi connectivity index (χ2v) is 6.41. The zero-order chi connectivity index (χ0) is 17.6. The first-order chi connectivity index (χ1) is 12.1. The van der Waals surface area contributed by atoms with E-state index in [1.54, 1.807) is 42.5 Å². The van der Waals surface area contributed by atoms with Crippen LogP contribution in [0.5, 0.6) is 11.5 Å². The number of carbonyl (C=O) groups is 1. The van der Waals surface area contributed by atoms with Crippen molar-refractivity contribution < 1.29 is 14.3 Å². The van der Waals surface area contributed by atoms with Gasteiger partial charge in [-0.2, -0.15) is 10.5 Å². The smallest absolute Gasteiger partial charge is 0.231 e. The van der Waals surface area contributed by atoms with Crippen LogP contribution < -0.4 is 9.47 Å². The van der Waals surface area contributed by atoms with Crippen LogP contribution >= 0.6 is 11.6 Å². The third-order valence-corrected chi connectivity index (χ3v) is 5.07. The molecule has 2 aromatic carbocycles. The summed E-state index contributed by atoms with van der Waals surface area (Å²) >= 11 is 6.33. The summed E-state index contributed by atoms with van der Waals surface area (Å²) in [5.41, 5.74) is -0.394. The Balaban J connectivity index is 1.78. The molecule has 0 unspecified atom stereocenters. The van der Waals surface area contributed by atoms with Crippen LogP contribution in [-0.4, -0.2) is 12.6 Å². The highest BCUT2D eigenvalue weighted by atomic mass is 35.5. The molecule has 0 spiro atoms. The number of carbonyl (C=O) groups excluding carboxylic acids is 1. The van der Waals surface area contributed by atoms with Gasteiger partial charge in [0.15, 0.2) is 22.7 Å². The van der Waals surface area contributed by atoms with Gasteiger partial charge < -0.3 is 9.47 Å². The molecule has 0 bridgehead atoms. The molecule has 1 heterocycles. The Kier molecular flexibility index (Phi) is 3.42. The molecule has 1 saturated carbocycles. The summed E-state index contributed by atoms with van der Waals surface area (Å²) in [5, 5.41) is 19.6. The normalized spacial score (nSPS) is 21.9. The molecule has 0 amide bonds. The van der Waals surface area contributed by atoms with Crippen LogP contribution in [-0.2, 0) is 0 Å². The Morgan fingerprint density at radius 2 is 1.76 bits per heavy atom. The van der Waals surface area contributed by atoms with E-state index in [9.17, 15) is 15.3 Å². The number of ether oxygens (including phenoxy) is 2. The van der Waals surface area contributed by atoms with E-state index in [1.165, 1.54) is 0 Å². The molecule has 1 fully saturated rings. The highest BCUT2D eigenvalue weighted by Gasteiger charge is 2.71. The highest BCUT2D eigenvalue weighted by Crippen LogP contribution is 2.66. The molecule has 2 aliphatic rings. The van der Waals surface area contributed by atoms with Gasteiger partial charge in [0.2, 0.25) is 6.79 Å². The zero-order valence-electron chi connectivity index (χ0n) is 12.9. The molecule has 1 aliphatic heterocycles. The summed E-state index contributed by atoms with van der Waals surface area (Å²) in [4.78, 5) is 12.9. The van der Waals surface area contributed by atoms with Gasteiger partial charge in [-0.25, -0.2) is 0 Å². The summed E-state index contributed by atoms with van der Waals surface area (Å²) in [6.45, 7) is 0.0911. The summed E-state index contributed by atoms with van der Waals surface area (Å²) in [6.07, 6.45) is 0. The van der Waals surface area contributed by atoms with E-state index >= 15 is 0 Å². The molecule has 2 atom stereocenters. The summed E-state index contributed by atoms with van der Waals surface area (Å²) < 4.78 is 10.6. The van der Waals surface area contributed by atoms with Gasteiger partial charge in [-0.15, -0.1) is 0 Å². The minimum Gasteiger partial charge on any atom is -0.454 e. The molecule has 0 aromatic heterocycles. The number of rotatable bonds is 3. The van der Waals surface area contributed by atoms with Crippen molar-refractivity contribution in [3.05, 3.63) is 58.6 Å². The maximum atomic E-state index is 12.9. The number of hydrogen-bond acceptors (Lipinski definition) is 5. The van der Waals surface area contributed by atoms with Crippen LogP contribution in [0.25, 0.3) is 0 Å². The maximum absolute atomic E-state index is 12.9.